The molecule has 104 valence electrons. The molecule has 2 rings (SSSR count). The van der Waals surface area contributed by atoms with Crippen LogP contribution in [0.4, 0.5) is 5.69 Å². The second-order valence-corrected chi connectivity index (χ2v) is 5.31. The molecule has 0 atom stereocenters. The lowest BCUT2D eigenvalue weighted by Crippen LogP contribution is -2.14. The molecule has 0 saturated carbocycles. The zero-order valence-electron chi connectivity index (χ0n) is 11.3. The molecule has 0 spiro atoms. The van der Waals surface area contributed by atoms with Gasteiger partial charge in [-0.05, 0) is 48.9 Å². The highest BCUT2D eigenvalue weighted by atomic mass is 79.9. The van der Waals surface area contributed by atoms with E-state index in [1.807, 2.05) is 37.3 Å². The van der Waals surface area contributed by atoms with Crippen LogP contribution in [0.25, 0.3) is 0 Å². The second-order valence-electron chi connectivity index (χ2n) is 4.39. The van der Waals surface area contributed by atoms with Gasteiger partial charge in [0.25, 0.3) is 0 Å². The maximum atomic E-state index is 12.2. The number of ketones is 1. The van der Waals surface area contributed by atoms with E-state index in [-0.39, 0.29) is 5.71 Å². The van der Waals surface area contributed by atoms with E-state index in [4.69, 9.17) is 5.26 Å². The number of nitrogens with zero attached hydrogens (tertiary/aromatic N) is 2. The van der Waals surface area contributed by atoms with Crippen LogP contribution in [0.1, 0.15) is 15.9 Å². The lowest BCUT2D eigenvalue weighted by molar-refractivity contribution is 0.106. The molecule has 0 amide bonds. The third-order valence-corrected chi connectivity index (χ3v) is 3.27. The summed E-state index contributed by atoms with van der Waals surface area (Å²) >= 11 is 3.30. The summed E-state index contributed by atoms with van der Waals surface area (Å²) in [5.74, 6) is -0.412. The molecule has 4 nitrogen and oxygen atoms in total. The number of hydrazone groups is 1. The third kappa shape index (κ3) is 4.01. The second kappa shape index (κ2) is 6.82. The van der Waals surface area contributed by atoms with E-state index in [9.17, 15) is 4.79 Å². The van der Waals surface area contributed by atoms with Crippen molar-refractivity contribution < 1.29 is 4.79 Å². The van der Waals surface area contributed by atoms with Crippen molar-refractivity contribution >= 4 is 33.1 Å². The summed E-state index contributed by atoms with van der Waals surface area (Å²) < 4.78 is 0.868. The first-order chi connectivity index (χ1) is 10.1. The van der Waals surface area contributed by atoms with Crippen molar-refractivity contribution in [2.45, 2.75) is 6.92 Å². The summed E-state index contributed by atoms with van der Waals surface area (Å²) in [5.41, 5.74) is 4.76. The summed E-state index contributed by atoms with van der Waals surface area (Å²) in [7, 11) is 0. The van der Waals surface area contributed by atoms with E-state index in [2.05, 4.69) is 26.5 Å². The van der Waals surface area contributed by atoms with E-state index in [1.165, 1.54) is 0 Å². The van der Waals surface area contributed by atoms with Crippen LogP contribution in [-0.4, -0.2) is 11.5 Å². The largest absolute Gasteiger partial charge is 0.286 e. The number of halogens is 1. The minimum Gasteiger partial charge on any atom is -0.286 e. The summed E-state index contributed by atoms with van der Waals surface area (Å²) in [6, 6.07) is 16.1. The SMILES string of the molecule is Cc1cccc(NN=C(C#N)C(=O)c2ccc(Br)cc2)c1. The van der Waals surface area contributed by atoms with Gasteiger partial charge in [-0.1, -0.05) is 28.1 Å². The highest BCUT2D eigenvalue weighted by Crippen LogP contribution is 2.12. The van der Waals surface area contributed by atoms with Gasteiger partial charge in [0.05, 0.1) is 5.69 Å². The van der Waals surface area contributed by atoms with Crippen molar-refractivity contribution in [2.24, 2.45) is 5.10 Å². The summed E-state index contributed by atoms with van der Waals surface area (Å²) in [5, 5.41) is 13.0. The average molecular weight is 342 g/mol. The van der Waals surface area contributed by atoms with Crippen LogP contribution in [0, 0.1) is 18.3 Å². The first-order valence-electron chi connectivity index (χ1n) is 6.21. The fourth-order valence-electron chi connectivity index (χ4n) is 1.70. The molecule has 2 aromatic rings. The quantitative estimate of drug-likeness (QED) is 0.520. The van der Waals surface area contributed by atoms with Crippen molar-refractivity contribution in [3.05, 3.63) is 64.1 Å². The number of nitriles is 1. The number of aryl methyl sites for hydroxylation is 1. The van der Waals surface area contributed by atoms with E-state index in [1.54, 1.807) is 24.3 Å². The van der Waals surface area contributed by atoms with Crippen molar-refractivity contribution in [1.29, 1.82) is 5.26 Å². The molecule has 21 heavy (non-hydrogen) atoms. The normalized spacial score (nSPS) is 10.8. The van der Waals surface area contributed by atoms with Gasteiger partial charge in [0, 0.05) is 10.0 Å². The number of hydrogen-bond acceptors (Lipinski definition) is 4. The fraction of sp³-hybridized carbons (Fsp3) is 0.0625. The van der Waals surface area contributed by atoms with Crippen molar-refractivity contribution in [2.75, 3.05) is 5.43 Å². The maximum absolute atomic E-state index is 12.2. The Morgan fingerprint density at radius 2 is 1.95 bits per heavy atom. The predicted molar refractivity (Wildman–Crippen MR) is 86.3 cm³/mol. The van der Waals surface area contributed by atoms with Gasteiger partial charge in [0.15, 0.2) is 0 Å². The molecule has 0 bridgehead atoms. The number of benzene rings is 2. The number of Topliss-reactive ketones (excluding diaryl/α,β-unsaturated/α-hetero) is 1. The van der Waals surface area contributed by atoms with Gasteiger partial charge < -0.3 is 0 Å². The van der Waals surface area contributed by atoms with E-state index in [0.29, 0.717) is 5.56 Å². The Kier molecular flexibility index (Phi) is 4.85. The van der Waals surface area contributed by atoms with Crippen LogP contribution in [0.15, 0.2) is 58.1 Å². The van der Waals surface area contributed by atoms with Crippen LogP contribution in [0.5, 0.6) is 0 Å². The van der Waals surface area contributed by atoms with Crippen molar-refractivity contribution in [3.8, 4) is 6.07 Å². The molecule has 1 N–H and O–H groups in total. The average Bonchev–Trinajstić information content (AvgIpc) is 2.48. The van der Waals surface area contributed by atoms with E-state index in [0.717, 1.165) is 15.7 Å². The van der Waals surface area contributed by atoms with Crippen LogP contribution in [0.2, 0.25) is 0 Å². The molecular weight excluding hydrogens is 330 g/mol. The summed E-state index contributed by atoms with van der Waals surface area (Å²) in [6.45, 7) is 1.95. The van der Waals surface area contributed by atoms with Gasteiger partial charge in [-0.25, -0.2) is 0 Å². The topological polar surface area (TPSA) is 65.2 Å². The highest BCUT2D eigenvalue weighted by Gasteiger charge is 2.13. The van der Waals surface area contributed by atoms with Crippen LogP contribution in [-0.2, 0) is 0 Å². The number of carbonyl (C=O) groups is 1. The minimum atomic E-state index is -0.412. The Hall–Kier alpha value is -2.45. The molecule has 0 saturated heterocycles. The molecule has 2 aromatic carbocycles. The molecule has 0 aliphatic heterocycles. The monoisotopic (exact) mass is 341 g/mol. The number of anilines is 1. The Balaban J connectivity index is 2.19. The van der Waals surface area contributed by atoms with Gasteiger partial charge in [-0.2, -0.15) is 10.4 Å². The summed E-state index contributed by atoms with van der Waals surface area (Å²) in [4.78, 5) is 12.2. The smallest absolute Gasteiger partial charge is 0.223 e. The molecule has 0 unspecified atom stereocenters. The van der Waals surface area contributed by atoms with Gasteiger partial charge >= 0.3 is 0 Å². The minimum absolute atomic E-state index is 0.182. The van der Waals surface area contributed by atoms with Crippen LogP contribution in [0.3, 0.4) is 0 Å². The molecule has 0 aliphatic carbocycles. The van der Waals surface area contributed by atoms with Gasteiger partial charge in [-0.15, -0.1) is 0 Å². The number of nitrogens with one attached hydrogen (secondary N) is 1. The number of carbonyl (C=O) groups excluding carboxylic acids is 1. The first kappa shape index (κ1) is 14.9. The molecule has 0 radical (unpaired) electrons. The van der Waals surface area contributed by atoms with Gasteiger partial charge in [0.2, 0.25) is 11.5 Å². The predicted octanol–water partition coefficient (Wildman–Crippen LogP) is 3.93. The zero-order chi connectivity index (χ0) is 15.2. The summed E-state index contributed by atoms with van der Waals surface area (Å²) in [6.07, 6.45) is 0. The highest BCUT2D eigenvalue weighted by molar-refractivity contribution is 9.10. The van der Waals surface area contributed by atoms with Gasteiger partial charge in [-0.3, -0.25) is 10.2 Å². The Labute approximate surface area is 131 Å². The van der Waals surface area contributed by atoms with Crippen LogP contribution >= 0.6 is 15.9 Å². The maximum Gasteiger partial charge on any atom is 0.223 e. The first-order valence-corrected chi connectivity index (χ1v) is 7.00. The van der Waals surface area contributed by atoms with Crippen LogP contribution < -0.4 is 5.43 Å². The Bertz CT molecular complexity index is 730. The van der Waals surface area contributed by atoms with E-state index >= 15 is 0 Å². The lowest BCUT2D eigenvalue weighted by Gasteiger charge is -2.03. The Morgan fingerprint density at radius 1 is 1.24 bits per heavy atom. The van der Waals surface area contributed by atoms with Gasteiger partial charge in [0.1, 0.15) is 6.07 Å². The lowest BCUT2D eigenvalue weighted by atomic mass is 10.1. The number of rotatable bonds is 4. The molecule has 0 fully saturated rings. The van der Waals surface area contributed by atoms with Crippen molar-refractivity contribution in [1.82, 2.24) is 0 Å². The molecule has 0 aromatic heterocycles. The zero-order valence-corrected chi connectivity index (χ0v) is 12.9. The standard InChI is InChI=1S/C16H12BrN3O/c1-11-3-2-4-14(9-11)19-20-15(10-18)16(21)12-5-7-13(17)8-6-12/h2-9,19H,1H3. The molecule has 5 heteroatoms. The number of hydrogen-bond donors (Lipinski definition) is 1. The Morgan fingerprint density at radius 3 is 2.57 bits per heavy atom. The van der Waals surface area contributed by atoms with Crippen molar-refractivity contribution in [3.63, 3.8) is 0 Å². The molecule has 0 heterocycles. The molecule has 0 aliphatic rings. The fourth-order valence-corrected chi connectivity index (χ4v) is 1.96. The third-order valence-electron chi connectivity index (χ3n) is 2.74. The van der Waals surface area contributed by atoms with E-state index < -0.39 is 5.78 Å². The molecular formula is C16H12BrN3O.